The van der Waals surface area contributed by atoms with Crippen LogP contribution in [0.15, 0.2) is 18.5 Å². The highest BCUT2D eigenvalue weighted by Crippen LogP contribution is 2.48. The van der Waals surface area contributed by atoms with Crippen molar-refractivity contribution in [3.8, 4) is 0 Å². The van der Waals surface area contributed by atoms with Gasteiger partial charge < -0.3 is 10.6 Å². The summed E-state index contributed by atoms with van der Waals surface area (Å²) in [5, 5.41) is 6.56. The number of hydrogen-bond donors (Lipinski definition) is 2. The van der Waals surface area contributed by atoms with Crippen molar-refractivity contribution in [3.63, 3.8) is 0 Å². The number of pyridine rings is 1. The Morgan fingerprint density at radius 2 is 2.07 bits per heavy atom. The van der Waals surface area contributed by atoms with Crippen LogP contribution in [-0.4, -0.2) is 18.6 Å². The second-order valence-corrected chi connectivity index (χ2v) is 4.42. The summed E-state index contributed by atoms with van der Waals surface area (Å²) < 4.78 is 0. The third-order valence-corrected chi connectivity index (χ3v) is 3.40. The molecule has 1 aromatic rings. The van der Waals surface area contributed by atoms with Gasteiger partial charge in [-0.25, -0.2) is 0 Å². The smallest absolute Gasteiger partial charge is 0.0547 e. The van der Waals surface area contributed by atoms with Gasteiger partial charge in [0.05, 0.1) is 23.8 Å². The Kier molecular flexibility index (Phi) is 2.80. The number of nitrogens with zero attached hydrogens (tertiary/aromatic N) is 1. The van der Waals surface area contributed by atoms with E-state index in [4.69, 9.17) is 0 Å². The van der Waals surface area contributed by atoms with Crippen LogP contribution in [0.1, 0.15) is 26.2 Å². The van der Waals surface area contributed by atoms with Crippen LogP contribution in [-0.2, 0) is 0 Å². The van der Waals surface area contributed by atoms with E-state index >= 15 is 0 Å². The van der Waals surface area contributed by atoms with Crippen molar-refractivity contribution in [2.24, 2.45) is 5.41 Å². The molecule has 82 valence electrons. The number of nitrogens with one attached hydrogen (secondary N) is 2. The van der Waals surface area contributed by atoms with Crippen molar-refractivity contribution in [1.82, 2.24) is 4.98 Å². The molecule has 1 aliphatic carbocycles. The molecule has 0 amide bonds. The highest BCUT2D eigenvalue weighted by Gasteiger charge is 2.40. The summed E-state index contributed by atoms with van der Waals surface area (Å²) in [6, 6.07) is 2.10. The summed E-state index contributed by atoms with van der Waals surface area (Å²) in [7, 11) is 1.91. The monoisotopic (exact) mass is 205 g/mol. The van der Waals surface area contributed by atoms with Crippen LogP contribution in [0, 0.1) is 5.41 Å². The maximum absolute atomic E-state index is 4.18. The molecule has 1 fully saturated rings. The number of hydrogen-bond acceptors (Lipinski definition) is 3. The molecule has 1 heterocycles. The molecule has 2 N–H and O–H groups in total. The summed E-state index contributed by atoms with van der Waals surface area (Å²) in [5.74, 6) is 0. The molecule has 3 nitrogen and oxygen atoms in total. The molecule has 0 aliphatic heterocycles. The van der Waals surface area contributed by atoms with Gasteiger partial charge in [0.25, 0.3) is 0 Å². The van der Waals surface area contributed by atoms with Gasteiger partial charge in [0.2, 0.25) is 0 Å². The van der Waals surface area contributed by atoms with E-state index < -0.39 is 0 Å². The van der Waals surface area contributed by atoms with Crippen LogP contribution < -0.4 is 10.6 Å². The number of aromatic nitrogens is 1. The average molecular weight is 205 g/mol. The minimum Gasteiger partial charge on any atom is -0.387 e. The van der Waals surface area contributed by atoms with E-state index in [0.29, 0.717) is 5.41 Å². The Labute approximate surface area is 91.3 Å². The molecule has 1 aromatic heterocycles. The molecule has 0 aromatic carbocycles. The Morgan fingerprint density at radius 1 is 1.33 bits per heavy atom. The molecule has 1 saturated carbocycles. The van der Waals surface area contributed by atoms with Crippen LogP contribution >= 0.6 is 0 Å². The van der Waals surface area contributed by atoms with E-state index in [1.165, 1.54) is 19.3 Å². The summed E-state index contributed by atoms with van der Waals surface area (Å²) in [5.41, 5.74) is 2.75. The Balaban J connectivity index is 1.93. The van der Waals surface area contributed by atoms with Gasteiger partial charge in [0.1, 0.15) is 0 Å². The molecule has 0 unspecified atom stereocenters. The highest BCUT2D eigenvalue weighted by molar-refractivity contribution is 5.53. The van der Waals surface area contributed by atoms with Crippen molar-refractivity contribution in [1.29, 1.82) is 0 Å². The summed E-state index contributed by atoms with van der Waals surface area (Å²) in [4.78, 5) is 4.18. The Morgan fingerprint density at radius 3 is 2.67 bits per heavy atom. The quantitative estimate of drug-likeness (QED) is 0.776. The minimum atomic E-state index is 0.579. The number of rotatable bonds is 5. The second kappa shape index (κ2) is 4.09. The average Bonchev–Trinajstić information content (AvgIpc) is 3.07. The van der Waals surface area contributed by atoms with E-state index in [-0.39, 0.29) is 0 Å². The van der Waals surface area contributed by atoms with Gasteiger partial charge in [0.15, 0.2) is 0 Å². The maximum Gasteiger partial charge on any atom is 0.0547 e. The van der Waals surface area contributed by atoms with Gasteiger partial charge in [-0.15, -0.1) is 0 Å². The topological polar surface area (TPSA) is 37.0 Å². The van der Waals surface area contributed by atoms with Gasteiger partial charge in [-0.2, -0.15) is 0 Å². The van der Waals surface area contributed by atoms with E-state index in [1.807, 2.05) is 19.4 Å². The number of anilines is 2. The van der Waals surface area contributed by atoms with Crippen molar-refractivity contribution >= 4 is 11.4 Å². The van der Waals surface area contributed by atoms with Gasteiger partial charge in [-0.05, 0) is 30.7 Å². The van der Waals surface area contributed by atoms with E-state index in [2.05, 4.69) is 28.6 Å². The molecule has 0 radical (unpaired) electrons. The zero-order valence-electron chi connectivity index (χ0n) is 9.51. The zero-order valence-corrected chi connectivity index (χ0v) is 9.51. The summed E-state index contributed by atoms with van der Waals surface area (Å²) in [6.45, 7) is 3.36. The van der Waals surface area contributed by atoms with Gasteiger partial charge in [0, 0.05) is 13.6 Å². The van der Waals surface area contributed by atoms with Crippen LogP contribution in [0.5, 0.6) is 0 Å². The van der Waals surface area contributed by atoms with Gasteiger partial charge >= 0.3 is 0 Å². The largest absolute Gasteiger partial charge is 0.387 e. The lowest BCUT2D eigenvalue weighted by molar-refractivity contribution is 0.521. The van der Waals surface area contributed by atoms with Crippen LogP contribution in [0.25, 0.3) is 0 Å². The fourth-order valence-corrected chi connectivity index (χ4v) is 1.79. The summed E-state index contributed by atoms with van der Waals surface area (Å²) >= 11 is 0. The van der Waals surface area contributed by atoms with Crippen molar-refractivity contribution in [2.75, 3.05) is 24.2 Å². The molecule has 0 spiro atoms. The Bertz CT molecular complexity index is 331. The molecule has 1 aliphatic rings. The molecule has 15 heavy (non-hydrogen) atoms. The third-order valence-electron chi connectivity index (χ3n) is 3.40. The van der Waals surface area contributed by atoms with E-state index in [9.17, 15) is 0 Å². The molecule has 3 heteroatoms. The minimum absolute atomic E-state index is 0.579. The first-order chi connectivity index (χ1) is 7.28. The lowest BCUT2D eigenvalue weighted by atomic mass is 10.0. The molecule has 0 atom stereocenters. The van der Waals surface area contributed by atoms with Crippen LogP contribution in [0.4, 0.5) is 11.4 Å². The second-order valence-electron chi connectivity index (χ2n) is 4.42. The van der Waals surface area contributed by atoms with Crippen LogP contribution in [0.2, 0.25) is 0 Å². The van der Waals surface area contributed by atoms with E-state index in [0.717, 1.165) is 17.9 Å². The van der Waals surface area contributed by atoms with Gasteiger partial charge in [-0.1, -0.05) is 6.92 Å². The first-order valence-corrected chi connectivity index (χ1v) is 5.65. The fourth-order valence-electron chi connectivity index (χ4n) is 1.79. The third kappa shape index (κ3) is 2.41. The first-order valence-electron chi connectivity index (χ1n) is 5.65. The van der Waals surface area contributed by atoms with Crippen LogP contribution in [0.3, 0.4) is 0 Å². The molecule has 0 bridgehead atoms. The lowest BCUT2D eigenvalue weighted by Gasteiger charge is -2.14. The predicted molar refractivity (Wildman–Crippen MR) is 64.2 cm³/mol. The zero-order chi connectivity index (χ0) is 10.7. The fraction of sp³-hybridized carbons (Fsp3) is 0.583. The predicted octanol–water partition coefficient (Wildman–Crippen LogP) is 2.73. The lowest BCUT2D eigenvalue weighted by Crippen LogP contribution is -2.14. The van der Waals surface area contributed by atoms with Crippen molar-refractivity contribution in [2.45, 2.75) is 26.2 Å². The summed E-state index contributed by atoms with van der Waals surface area (Å²) in [6.07, 6.45) is 7.73. The molecule has 0 saturated heterocycles. The van der Waals surface area contributed by atoms with E-state index in [1.54, 1.807) is 0 Å². The Hall–Kier alpha value is -1.25. The highest BCUT2D eigenvalue weighted by atomic mass is 14.9. The van der Waals surface area contributed by atoms with Gasteiger partial charge in [-0.3, -0.25) is 4.98 Å². The molecule has 2 rings (SSSR count). The first kappa shape index (κ1) is 10.3. The molecular weight excluding hydrogens is 186 g/mol. The standard InChI is InChI=1S/C12H19N3/c1-3-12(4-5-12)9-15-11-6-10(13-2)7-14-8-11/h6-8,13,15H,3-5,9H2,1-2H3. The normalized spacial score (nSPS) is 17.2. The van der Waals surface area contributed by atoms with Crippen molar-refractivity contribution < 1.29 is 0 Å². The molecular formula is C12H19N3. The van der Waals surface area contributed by atoms with Crippen molar-refractivity contribution in [3.05, 3.63) is 18.5 Å². The SMILES string of the molecule is CCC1(CNc2cncc(NC)c2)CC1. The maximum atomic E-state index is 4.18.